The van der Waals surface area contributed by atoms with Crippen LogP contribution in [0.15, 0.2) is 60.9 Å². The number of nitrogens with zero attached hydrogens (tertiary/aromatic N) is 3. The van der Waals surface area contributed by atoms with Crippen LogP contribution < -0.4 is 5.32 Å². The first-order valence-electron chi connectivity index (χ1n) is 7.74. The van der Waals surface area contributed by atoms with E-state index < -0.39 is 23.6 Å². The minimum absolute atomic E-state index is 0.0628. The number of anilines is 1. The lowest BCUT2D eigenvalue weighted by Gasteiger charge is -2.26. The molecule has 4 rings (SSSR count). The largest absolute Gasteiger partial charge is 0.416 e. The minimum Gasteiger partial charge on any atom is -0.324 e. The van der Waals surface area contributed by atoms with Crippen LogP contribution in [0.1, 0.15) is 22.7 Å². The fraction of sp³-hybridized carbons (Fsp3) is 0.111. The number of rotatable bonds is 2. The van der Waals surface area contributed by atoms with Gasteiger partial charge in [0, 0.05) is 5.70 Å². The van der Waals surface area contributed by atoms with Crippen LogP contribution in [0.25, 0.3) is 5.70 Å². The third-order valence-corrected chi connectivity index (χ3v) is 4.15. The molecule has 132 valence electrons. The van der Waals surface area contributed by atoms with Crippen LogP contribution in [0, 0.1) is 5.82 Å². The Kier molecular flexibility index (Phi) is 3.75. The third-order valence-electron chi connectivity index (χ3n) is 4.15. The van der Waals surface area contributed by atoms with E-state index in [1.165, 1.54) is 35.3 Å². The lowest BCUT2D eigenvalue weighted by atomic mass is 9.97. The molecular formula is C18H12F4N4. The Morgan fingerprint density at radius 1 is 1.00 bits per heavy atom. The van der Waals surface area contributed by atoms with Gasteiger partial charge in [0.15, 0.2) is 0 Å². The monoisotopic (exact) mass is 360 g/mol. The molecule has 0 aliphatic carbocycles. The maximum Gasteiger partial charge on any atom is 0.416 e. The molecule has 2 aromatic carbocycles. The molecule has 0 amide bonds. The summed E-state index contributed by atoms with van der Waals surface area (Å²) >= 11 is 0. The molecule has 0 saturated heterocycles. The molecule has 0 spiro atoms. The zero-order chi connectivity index (χ0) is 18.3. The molecule has 0 saturated carbocycles. The van der Waals surface area contributed by atoms with Gasteiger partial charge in [-0.25, -0.2) is 9.07 Å². The molecule has 1 aliphatic heterocycles. The summed E-state index contributed by atoms with van der Waals surface area (Å²) in [5.41, 5.74) is 0.499. The van der Waals surface area contributed by atoms with Gasteiger partial charge in [0.1, 0.15) is 18.2 Å². The molecule has 1 aliphatic rings. The van der Waals surface area contributed by atoms with Crippen LogP contribution in [-0.4, -0.2) is 14.8 Å². The van der Waals surface area contributed by atoms with Crippen molar-refractivity contribution in [3.8, 4) is 0 Å². The molecule has 0 bridgehead atoms. The second-order valence-electron chi connectivity index (χ2n) is 5.77. The average molecular weight is 360 g/mol. The fourth-order valence-corrected chi connectivity index (χ4v) is 2.97. The number of aromatic nitrogens is 3. The number of alkyl halides is 3. The second kappa shape index (κ2) is 5.98. The molecule has 1 aromatic heterocycles. The van der Waals surface area contributed by atoms with E-state index in [4.69, 9.17) is 0 Å². The average Bonchev–Trinajstić information content (AvgIpc) is 3.09. The van der Waals surface area contributed by atoms with Gasteiger partial charge in [0.05, 0.1) is 5.56 Å². The van der Waals surface area contributed by atoms with E-state index in [0.29, 0.717) is 17.2 Å². The van der Waals surface area contributed by atoms with Gasteiger partial charge in [-0.2, -0.15) is 23.3 Å². The standard InChI is InChI=1S/C18H12F4N4/c19-12-7-5-11(6-8-12)15-9-16(26-17(25-15)23-10-24-26)13-3-1-2-4-14(13)18(20,21)22/h1-10,16H,(H,23,24,25)/t16-/m0/s1. The Hall–Kier alpha value is -3.16. The first kappa shape index (κ1) is 16.3. The van der Waals surface area contributed by atoms with Crippen LogP contribution >= 0.6 is 0 Å². The maximum atomic E-state index is 13.4. The Morgan fingerprint density at radius 2 is 1.73 bits per heavy atom. The topological polar surface area (TPSA) is 42.7 Å². The van der Waals surface area contributed by atoms with E-state index in [2.05, 4.69) is 15.4 Å². The van der Waals surface area contributed by atoms with Crippen molar-refractivity contribution in [2.24, 2.45) is 0 Å². The van der Waals surface area contributed by atoms with Gasteiger partial charge in [-0.1, -0.05) is 18.2 Å². The zero-order valence-electron chi connectivity index (χ0n) is 13.2. The van der Waals surface area contributed by atoms with Crippen molar-refractivity contribution < 1.29 is 17.6 Å². The summed E-state index contributed by atoms with van der Waals surface area (Å²) in [5, 5.41) is 7.07. The molecule has 1 N–H and O–H groups in total. The predicted molar refractivity (Wildman–Crippen MR) is 87.6 cm³/mol. The summed E-state index contributed by atoms with van der Waals surface area (Å²) in [6.07, 6.45) is -1.60. The smallest absolute Gasteiger partial charge is 0.324 e. The molecular weight excluding hydrogens is 348 g/mol. The summed E-state index contributed by atoms with van der Waals surface area (Å²) in [4.78, 5) is 4.06. The van der Waals surface area contributed by atoms with Crippen LogP contribution in [0.4, 0.5) is 23.5 Å². The van der Waals surface area contributed by atoms with Gasteiger partial charge >= 0.3 is 6.18 Å². The lowest BCUT2D eigenvalue weighted by molar-refractivity contribution is -0.138. The zero-order valence-corrected chi connectivity index (χ0v) is 13.2. The first-order chi connectivity index (χ1) is 12.4. The minimum atomic E-state index is -4.49. The van der Waals surface area contributed by atoms with E-state index in [9.17, 15) is 17.6 Å². The van der Waals surface area contributed by atoms with Crippen LogP contribution in [0.2, 0.25) is 0 Å². The van der Waals surface area contributed by atoms with Crippen molar-refractivity contribution in [2.45, 2.75) is 12.2 Å². The maximum absolute atomic E-state index is 13.4. The van der Waals surface area contributed by atoms with Crippen molar-refractivity contribution in [3.05, 3.63) is 83.4 Å². The quantitative estimate of drug-likeness (QED) is 0.685. The van der Waals surface area contributed by atoms with E-state index in [1.807, 2.05) is 0 Å². The fourth-order valence-electron chi connectivity index (χ4n) is 2.97. The van der Waals surface area contributed by atoms with E-state index >= 15 is 0 Å². The van der Waals surface area contributed by atoms with Gasteiger partial charge in [-0.3, -0.25) is 0 Å². The highest BCUT2D eigenvalue weighted by atomic mass is 19.4. The number of fused-ring (bicyclic) bond motifs is 1. The highest BCUT2D eigenvalue weighted by molar-refractivity contribution is 5.77. The molecule has 3 aromatic rings. The molecule has 0 unspecified atom stereocenters. The summed E-state index contributed by atoms with van der Waals surface area (Å²) in [6, 6.07) is 10.2. The number of nitrogens with one attached hydrogen (secondary N) is 1. The molecule has 0 fully saturated rings. The Morgan fingerprint density at radius 3 is 2.46 bits per heavy atom. The number of benzene rings is 2. The number of allylic oxidation sites excluding steroid dienone is 1. The normalized spacial score (nSPS) is 16.6. The Balaban J connectivity index is 1.86. The summed E-state index contributed by atoms with van der Waals surface area (Å²) in [7, 11) is 0. The third kappa shape index (κ3) is 2.83. The molecule has 4 nitrogen and oxygen atoms in total. The van der Waals surface area contributed by atoms with Gasteiger partial charge in [-0.15, -0.1) is 0 Å². The van der Waals surface area contributed by atoms with Crippen LogP contribution in [0.3, 0.4) is 0 Å². The summed E-state index contributed by atoms with van der Waals surface area (Å²) in [5.74, 6) is -0.0823. The van der Waals surface area contributed by atoms with Crippen molar-refractivity contribution in [1.29, 1.82) is 0 Å². The number of hydrogen-bond donors (Lipinski definition) is 1. The highest BCUT2D eigenvalue weighted by Crippen LogP contribution is 2.39. The molecule has 2 heterocycles. The summed E-state index contributed by atoms with van der Waals surface area (Å²) in [6.45, 7) is 0. The number of halogens is 4. The predicted octanol–water partition coefficient (Wildman–Crippen LogP) is 4.49. The lowest BCUT2D eigenvalue weighted by Crippen LogP contribution is -2.22. The van der Waals surface area contributed by atoms with Gasteiger partial charge in [-0.05, 0) is 47.5 Å². The first-order valence-corrected chi connectivity index (χ1v) is 7.74. The van der Waals surface area contributed by atoms with Crippen LogP contribution in [-0.2, 0) is 6.18 Å². The van der Waals surface area contributed by atoms with E-state index in [-0.39, 0.29) is 5.56 Å². The van der Waals surface area contributed by atoms with Crippen molar-refractivity contribution >= 4 is 11.6 Å². The molecule has 1 atom stereocenters. The highest BCUT2D eigenvalue weighted by Gasteiger charge is 2.36. The second-order valence-corrected chi connectivity index (χ2v) is 5.77. The Labute approximate surface area is 145 Å². The molecule has 8 heteroatoms. The van der Waals surface area contributed by atoms with Gasteiger partial charge in [0.2, 0.25) is 5.95 Å². The van der Waals surface area contributed by atoms with Crippen LogP contribution in [0.5, 0.6) is 0 Å². The van der Waals surface area contributed by atoms with Crippen molar-refractivity contribution in [2.75, 3.05) is 5.32 Å². The van der Waals surface area contributed by atoms with E-state index in [0.717, 1.165) is 6.07 Å². The Bertz CT molecular complexity index is 973. The molecule has 26 heavy (non-hydrogen) atoms. The number of hydrogen-bond acceptors (Lipinski definition) is 3. The van der Waals surface area contributed by atoms with Gasteiger partial charge < -0.3 is 5.32 Å². The SMILES string of the molecule is Fc1ccc(C2=C[C@@H](c3ccccc3C(F)(F)F)n3ncnc3N2)cc1. The summed E-state index contributed by atoms with van der Waals surface area (Å²) < 4.78 is 54.9. The molecule has 0 radical (unpaired) electrons. The van der Waals surface area contributed by atoms with Gasteiger partial charge in [0.25, 0.3) is 0 Å². The van der Waals surface area contributed by atoms with E-state index in [1.54, 1.807) is 24.3 Å². The van der Waals surface area contributed by atoms with Crippen molar-refractivity contribution in [1.82, 2.24) is 14.8 Å². The van der Waals surface area contributed by atoms with Crippen molar-refractivity contribution in [3.63, 3.8) is 0 Å².